The zero-order valence-electron chi connectivity index (χ0n) is 8.54. The lowest BCUT2D eigenvalue weighted by Crippen LogP contribution is -2.37. The van der Waals surface area contributed by atoms with Gasteiger partial charge in [-0.05, 0) is 19.6 Å². The number of hydrogen-bond donors (Lipinski definition) is 1. The van der Waals surface area contributed by atoms with Crippen molar-refractivity contribution in [3.8, 4) is 0 Å². The Bertz CT molecular complexity index is 186. The lowest BCUT2D eigenvalue weighted by Gasteiger charge is -2.23. The number of hydrogen-bond acceptors (Lipinski definition) is 3. The van der Waals surface area contributed by atoms with Crippen LogP contribution in [0.3, 0.4) is 0 Å². The van der Waals surface area contributed by atoms with E-state index in [1.807, 2.05) is 23.6 Å². The molecule has 1 aliphatic rings. The van der Waals surface area contributed by atoms with E-state index >= 15 is 0 Å². The zero-order valence-corrected chi connectivity index (χ0v) is 9.36. The second-order valence-corrected chi connectivity index (χ2v) is 4.72. The first-order valence-corrected chi connectivity index (χ1v) is 5.94. The summed E-state index contributed by atoms with van der Waals surface area (Å²) in [5, 5.41) is 3.14. The monoisotopic (exact) mass is 202 g/mol. The summed E-state index contributed by atoms with van der Waals surface area (Å²) in [7, 11) is 0. The molecule has 2 unspecified atom stereocenters. The Kier molecular flexibility index (Phi) is 4.06. The Labute approximate surface area is 84.2 Å². The van der Waals surface area contributed by atoms with E-state index in [2.05, 4.69) is 19.2 Å². The molecule has 1 amide bonds. The van der Waals surface area contributed by atoms with E-state index in [9.17, 15) is 4.79 Å². The summed E-state index contributed by atoms with van der Waals surface area (Å²) < 4.78 is 0. The third kappa shape index (κ3) is 2.61. The van der Waals surface area contributed by atoms with E-state index in [4.69, 9.17) is 0 Å². The molecule has 2 atom stereocenters. The summed E-state index contributed by atoms with van der Waals surface area (Å²) in [4.78, 5) is 13.5. The number of nitrogens with one attached hydrogen (secondary N) is 1. The van der Waals surface area contributed by atoms with Crippen molar-refractivity contribution in [2.24, 2.45) is 0 Å². The van der Waals surface area contributed by atoms with Gasteiger partial charge in [0, 0.05) is 11.8 Å². The van der Waals surface area contributed by atoms with E-state index in [1.165, 1.54) is 0 Å². The first-order chi connectivity index (χ1) is 6.16. The molecular formula is C9H18N2OS. The molecule has 13 heavy (non-hydrogen) atoms. The predicted molar refractivity (Wildman–Crippen MR) is 56.8 cm³/mol. The van der Waals surface area contributed by atoms with Gasteiger partial charge in [-0.25, -0.2) is 0 Å². The molecule has 0 bridgehead atoms. The molecule has 1 rings (SSSR count). The SMILES string of the molecule is CCSCC(C)N1CNC(C)C1=O. The Morgan fingerprint density at radius 2 is 2.46 bits per heavy atom. The summed E-state index contributed by atoms with van der Waals surface area (Å²) in [5.41, 5.74) is 0. The van der Waals surface area contributed by atoms with Gasteiger partial charge in [-0.1, -0.05) is 6.92 Å². The molecule has 0 saturated carbocycles. The van der Waals surface area contributed by atoms with Gasteiger partial charge < -0.3 is 4.90 Å². The maximum atomic E-state index is 11.6. The minimum Gasteiger partial charge on any atom is -0.325 e. The van der Waals surface area contributed by atoms with Crippen LogP contribution < -0.4 is 5.32 Å². The quantitative estimate of drug-likeness (QED) is 0.735. The van der Waals surface area contributed by atoms with Crippen molar-refractivity contribution in [3.05, 3.63) is 0 Å². The highest BCUT2D eigenvalue weighted by molar-refractivity contribution is 7.99. The van der Waals surface area contributed by atoms with Crippen LogP contribution in [0.4, 0.5) is 0 Å². The van der Waals surface area contributed by atoms with Gasteiger partial charge in [-0.15, -0.1) is 0 Å². The third-order valence-electron chi connectivity index (χ3n) is 2.32. The van der Waals surface area contributed by atoms with Crippen LogP contribution in [0, 0.1) is 0 Å². The molecule has 0 aromatic carbocycles. The van der Waals surface area contributed by atoms with Gasteiger partial charge in [-0.2, -0.15) is 11.8 Å². The van der Waals surface area contributed by atoms with Crippen LogP contribution in [0.2, 0.25) is 0 Å². The average Bonchev–Trinajstić information content (AvgIpc) is 2.44. The highest BCUT2D eigenvalue weighted by atomic mass is 32.2. The maximum Gasteiger partial charge on any atom is 0.240 e. The molecule has 1 heterocycles. The first-order valence-electron chi connectivity index (χ1n) is 4.78. The van der Waals surface area contributed by atoms with Crippen molar-refractivity contribution in [2.75, 3.05) is 18.2 Å². The molecule has 0 aromatic heterocycles. The molecule has 0 aliphatic carbocycles. The lowest BCUT2D eigenvalue weighted by atomic mass is 10.3. The van der Waals surface area contributed by atoms with E-state index < -0.39 is 0 Å². The molecule has 76 valence electrons. The summed E-state index contributed by atoms with van der Waals surface area (Å²) >= 11 is 1.88. The molecule has 3 nitrogen and oxygen atoms in total. The molecule has 1 aliphatic heterocycles. The fourth-order valence-electron chi connectivity index (χ4n) is 1.40. The van der Waals surface area contributed by atoms with Crippen molar-refractivity contribution in [3.63, 3.8) is 0 Å². The summed E-state index contributed by atoms with van der Waals surface area (Å²) in [5.74, 6) is 2.40. The van der Waals surface area contributed by atoms with Crippen LogP contribution in [0.5, 0.6) is 0 Å². The van der Waals surface area contributed by atoms with E-state index in [0.717, 1.165) is 11.5 Å². The van der Waals surface area contributed by atoms with Gasteiger partial charge in [0.25, 0.3) is 0 Å². The highest BCUT2D eigenvalue weighted by Crippen LogP contribution is 2.12. The van der Waals surface area contributed by atoms with Crippen LogP contribution in [0.15, 0.2) is 0 Å². The molecule has 1 saturated heterocycles. The van der Waals surface area contributed by atoms with Gasteiger partial charge in [-0.3, -0.25) is 10.1 Å². The van der Waals surface area contributed by atoms with Crippen molar-refractivity contribution < 1.29 is 4.79 Å². The minimum absolute atomic E-state index is 0.00840. The van der Waals surface area contributed by atoms with E-state index in [0.29, 0.717) is 12.7 Å². The van der Waals surface area contributed by atoms with Gasteiger partial charge >= 0.3 is 0 Å². The highest BCUT2D eigenvalue weighted by Gasteiger charge is 2.30. The van der Waals surface area contributed by atoms with Crippen molar-refractivity contribution in [1.29, 1.82) is 0 Å². The second kappa shape index (κ2) is 4.86. The summed E-state index contributed by atoms with van der Waals surface area (Å²) in [6.07, 6.45) is 0. The molecule has 1 N–H and O–H groups in total. The first kappa shape index (κ1) is 10.9. The summed E-state index contributed by atoms with van der Waals surface area (Å²) in [6, 6.07) is 0.365. The minimum atomic E-state index is 0.00840. The molecule has 4 heteroatoms. The number of carbonyl (C=O) groups is 1. The largest absolute Gasteiger partial charge is 0.325 e. The van der Waals surface area contributed by atoms with Crippen molar-refractivity contribution in [2.45, 2.75) is 32.9 Å². The number of amides is 1. The Hall–Kier alpha value is -0.220. The molecular weight excluding hydrogens is 184 g/mol. The summed E-state index contributed by atoms with van der Waals surface area (Å²) in [6.45, 7) is 6.89. The van der Waals surface area contributed by atoms with Crippen LogP contribution in [0.1, 0.15) is 20.8 Å². The molecule has 0 radical (unpaired) electrons. The standard InChI is InChI=1S/C9H18N2OS/c1-4-13-5-7(2)11-6-10-8(3)9(11)12/h7-8,10H,4-6H2,1-3H3. The average molecular weight is 202 g/mol. The Morgan fingerprint density at radius 3 is 2.92 bits per heavy atom. The van der Waals surface area contributed by atoms with Crippen LogP contribution in [-0.2, 0) is 4.79 Å². The lowest BCUT2D eigenvalue weighted by molar-refractivity contribution is -0.129. The molecule has 0 aromatic rings. The maximum absolute atomic E-state index is 11.6. The predicted octanol–water partition coefficient (Wildman–Crippen LogP) is 0.906. The smallest absolute Gasteiger partial charge is 0.240 e. The number of carbonyl (C=O) groups excluding carboxylic acids is 1. The van der Waals surface area contributed by atoms with Gasteiger partial charge in [0.1, 0.15) is 0 Å². The van der Waals surface area contributed by atoms with Gasteiger partial charge in [0.15, 0.2) is 0 Å². The number of nitrogens with zero attached hydrogens (tertiary/aromatic N) is 1. The second-order valence-electron chi connectivity index (χ2n) is 3.40. The van der Waals surface area contributed by atoms with Crippen LogP contribution in [-0.4, -0.2) is 41.1 Å². The fourth-order valence-corrected chi connectivity index (χ4v) is 2.16. The molecule has 0 spiro atoms. The van der Waals surface area contributed by atoms with Gasteiger partial charge in [0.2, 0.25) is 5.91 Å². The topological polar surface area (TPSA) is 32.3 Å². The van der Waals surface area contributed by atoms with E-state index in [1.54, 1.807) is 0 Å². The number of thioether (sulfide) groups is 1. The Balaban J connectivity index is 2.39. The van der Waals surface area contributed by atoms with Crippen molar-refractivity contribution >= 4 is 17.7 Å². The fraction of sp³-hybridized carbons (Fsp3) is 0.889. The van der Waals surface area contributed by atoms with Crippen LogP contribution >= 0.6 is 11.8 Å². The van der Waals surface area contributed by atoms with Crippen molar-refractivity contribution in [1.82, 2.24) is 10.2 Å². The number of rotatable bonds is 4. The normalized spacial score (nSPS) is 25.3. The van der Waals surface area contributed by atoms with Crippen LogP contribution in [0.25, 0.3) is 0 Å². The molecule has 1 fully saturated rings. The van der Waals surface area contributed by atoms with Gasteiger partial charge in [0.05, 0.1) is 12.7 Å². The van der Waals surface area contributed by atoms with E-state index in [-0.39, 0.29) is 11.9 Å². The zero-order chi connectivity index (χ0) is 9.84. The Morgan fingerprint density at radius 1 is 1.77 bits per heavy atom. The third-order valence-corrected chi connectivity index (χ3v) is 3.44.